The summed E-state index contributed by atoms with van der Waals surface area (Å²) in [5, 5.41) is 13.6. The molecule has 0 amide bonds. The van der Waals surface area contributed by atoms with Crippen LogP contribution in [-0.4, -0.2) is 34.3 Å². The molecule has 0 aliphatic heterocycles. The highest BCUT2D eigenvalue weighted by Crippen LogP contribution is 2.28. The molecule has 1 aliphatic rings. The second-order valence-electron chi connectivity index (χ2n) is 5.27. The lowest BCUT2D eigenvalue weighted by molar-refractivity contribution is 0.0166. The highest BCUT2D eigenvalue weighted by Gasteiger charge is 2.28. The van der Waals surface area contributed by atoms with Crippen LogP contribution in [0.5, 0.6) is 0 Å². The van der Waals surface area contributed by atoms with E-state index in [-0.39, 0.29) is 0 Å². The van der Waals surface area contributed by atoms with Gasteiger partial charge in [-0.05, 0) is 12.8 Å². The van der Waals surface area contributed by atoms with Gasteiger partial charge in [0.25, 0.3) is 0 Å². The Hall–Kier alpha value is -1.44. The Balaban J connectivity index is 2.02. The Morgan fingerprint density at radius 2 is 2.00 bits per heavy atom. The first-order valence-electron chi connectivity index (χ1n) is 6.95. The molecule has 0 radical (unpaired) electrons. The maximum absolute atomic E-state index is 10.5. The average molecular weight is 281 g/mol. The van der Waals surface area contributed by atoms with Crippen LogP contribution in [0.25, 0.3) is 0 Å². The number of aliphatic hydroxyl groups is 1. The van der Waals surface area contributed by atoms with Gasteiger partial charge in [-0.2, -0.15) is 0 Å². The first-order chi connectivity index (χ1) is 9.65. The number of ether oxygens (including phenoxy) is 1. The standard InChI is InChI=1S/C13H23N5O2/c1-20-8-12-16-10(7-11(17-12)18-14)15-9-13(19)5-3-2-4-6-13/h7,19H,2-6,8-9,14H2,1H3,(H2,15,16,17,18). The number of aromatic nitrogens is 2. The van der Waals surface area contributed by atoms with Gasteiger partial charge in [0.05, 0.1) is 5.60 Å². The van der Waals surface area contributed by atoms with Crippen molar-refractivity contribution in [3.8, 4) is 0 Å². The van der Waals surface area contributed by atoms with Crippen molar-refractivity contribution in [2.24, 2.45) is 5.84 Å². The molecule has 1 aromatic rings. The largest absolute Gasteiger partial charge is 0.388 e. The predicted molar refractivity (Wildman–Crippen MR) is 77.1 cm³/mol. The molecule has 7 nitrogen and oxygen atoms in total. The second-order valence-corrected chi connectivity index (χ2v) is 5.27. The van der Waals surface area contributed by atoms with Crippen molar-refractivity contribution in [3.63, 3.8) is 0 Å². The Bertz CT molecular complexity index is 435. The number of nitrogen functional groups attached to an aromatic ring is 1. The SMILES string of the molecule is COCc1nc(NN)cc(NCC2(O)CCCCC2)n1. The van der Waals surface area contributed by atoms with E-state index in [0.717, 1.165) is 25.7 Å². The van der Waals surface area contributed by atoms with Gasteiger partial charge in [0.1, 0.15) is 18.2 Å². The smallest absolute Gasteiger partial charge is 0.158 e. The van der Waals surface area contributed by atoms with Crippen molar-refractivity contribution in [2.45, 2.75) is 44.3 Å². The van der Waals surface area contributed by atoms with Crippen LogP contribution >= 0.6 is 0 Å². The molecule has 1 aromatic heterocycles. The molecule has 5 N–H and O–H groups in total. The third kappa shape index (κ3) is 4.03. The maximum atomic E-state index is 10.5. The van der Waals surface area contributed by atoms with Crippen molar-refractivity contribution >= 4 is 11.6 Å². The molecule has 0 saturated heterocycles. The molecule has 0 atom stereocenters. The highest BCUT2D eigenvalue weighted by atomic mass is 16.5. The molecular weight excluding hydrogens is 258 g/mol. The van der Waals surface area contributed by atoms with E-state index < -0.39 is 5.60 Å². The van der Waals surface area contributed by atoms with E-state index in [4.69, 9.17) is 10.6 Å². The molecule has 1 heterocycles. The van der Waals surface area contributed by atoms with Gasteiger partial charge >= 0.3 is 0 Å². The minimum atomic E-state index is -0.638. The van der Waals surface area contributed by atoms with E-state index in [1.807, 2.05) is 0 Å². The number of nitrogens with zero attached hydrogens (tertiary/aromatic N) is 2. The van der Waals surface area contributed by atoms with Crippen LogP contribution in [0.4, 0.5) is 11.6 Å². The van der Waals surface area contributed by atoms with E-state index >= 15 is 0 Å². The van der Waals surface area contributed by atoms with Gasteiger partial charge in [-0.15, -0.1) is 0 Å². The monoisotopic (exact) mass is 281 g/mol. The highest BCUT2D eigenvalue weighted by molar-refractivity contribution is 5.47. The fraction of sp³-hybridized carbons (Fsp3) is 0.692. The normalized spacial score (nSPS) is 17.8. The number of nitrogens with two attached hydrogens (primary N) is 1. The molecule has 1 aliphatic carbocycles. The summed E-state index contributed by atoms with van der Waals surface area (Å²) >= 11 is 0. The number of hydrazine groups is 1. The lowest BCUT2D eigenvalue weighted by Crippen LogP contribution is -2.39. The lowest BCUT2D eigenvalue weighted by atomic mass is 9.85. The van der Waals surface area contributed by atoms with Crippen LogP contribution < -0.4 is 16.6 Å². The summed E-state index contributed by atoms with van der Waals surface area (Å²) in [6.45, 7) is 0.801. The zero-order chi connectivity index (χ0) is 14.4. The summed E-state index contributed by atoms with van der Waals surface area (Å²) in [6, 6.07) is 1.71. The van der Waals surface area contributed by atoms with E-state index in [1.165, 1.54) is 6.42 Å². The Kier molecular flexibility index (Phi) is 5.11. The molecule has 1 saturated carbocycles. The fourth-order valence-electron chi connectivity index (χ4n) is 2.50. The van der Waals surface area contributed by atoms with E-state index in [0.29, 0.717) is 30.6 Å². The third-order valence-electron chi connectivity index (χ3n) is 3.58. The van der Waals surface area contributed by atoms with Crippen LogP contribution in [0, 0.1) is 0 Å². The molecule has 7 heteroatoms. The molecule has 0 aromatic carbocycles. The maximum Gasteiger partial charge on any atom is 0.158 e. The van der Waals surface area contributed by atoms with Crippen LogP contribution in [-0.2, 0) is 11.3 Å². The van der Waals surface area contributed by atoms with Gasteiger partial charge in [0.2, 0.25) is 0 Å². The summed E-state index contributed by atoms with van der Waals surface area (Å²) < 4.78 is 5.03. The number of rotatable bonds is 6. The van der Waals surface area contributed by atoms with Crippen molar-refractivity contribution in [1.29, 1.82) is 0 Å². The Labute approximate surface area is 118 Å². The van der Waals surface area contributed by atoms with Crippen molar-refractivity contribution < 1.29 is 9.84 Å². The predicted octanol–water partition coefficient (Wildman–Crippen LogP) is 1.02. The number of hydrogen-bond acceptors (Lipinski definition) is 7. The van der Waals surface area contributed by atoms with Crippen LogP contribution in [0.2, 0.25) is 0 Å². The van der Waals surface area contributed by atoms with E-state index in [2.05, 4.69) is 20.7 Å². The first kappa shape index (κ1) is 15.0. The average Bonchev–Trinajstić information content (AvgIpc) is 2.46. The molecule has 112 valence electrons. The fourth-order valence-corrected chi connectivity index (χ4v) is 2.50. The number of methoxy groups -OCH3 is 1. The van der Waals surface area contributed by atoms with Crippen LogP contribution in [0.15, 0.2) is 6.07 Å². The lowest BCUT2D eigenvalue weighted by Gasteiger charge is -2.32. The first-order valence-corrected chi connectivity index (χ1v) is 6.95. The Morgan fingerprint density at radius 3 is 2.65 bits per heavy atom. The topological polar surface area (TPSA) is 105 Å². The molecular formula is C13H23N5O2. The van der Waals surface area contributed by atoms with E-state index in [1.54, 1.807) is 13.2 Å². The van der Waals surface area contributed by atoms with Gasteiger partial charge in [-0.25, -0.2) is 15.8 Å². The van der Waals surface area contributed by atoms with Crippen molar-refractivity contribution in [2.75, 3.05) is 24.4 Å². The summed E-state index contributed by atoms with van der Waals surface area (Å²) in [6.07, 6.45) is 5.02. The minimum absolute atomic E-state index is 0.314. The molecule has 1 fully saturated rings. The van der Waals surface area contributed by atoms with Gasteiger partial charge in [-0.3, -0.25) is 0 Å². The Morgan fingerprint density at radius 1 is 1.30 bits per heavy atom. The van der Waals surface area contributed by atoms with Gasteiger partial charge in [-0.1, -0.05) is 19.3 Å². The number of hydrogen-bond donors (Lipinski definition) is 4. The molecule has 0 unspecified atom stereocenters. The number of nitrogens with one attached hydrogen (secondary N) is 2. The molecule has 2 rings (SSSR count). The summed E-state index contributed by atoms with van der Waals surface area (Å²) in [7, 11) is 1.59. The molecule has 20 heavy (non-hydrogen) atoms. The van der Waals surface area contributed by atoms with Crippen molar-refractivity contribution in [3.05, 3.63) is 11.9 Å². The third-order valence-corrected chi connectivity index (χ3v) is 3.58. The van der Waals surface area contributed by atoms with E-state index in [9.17, 15) is 5.11 Å². The quantitative estimate of drug-likeness (QED) is 0.455. The van der Waals surface area contributed by atoms with Crippen LogP contribution in [0.3, 0.4) is 0 Å². The summed E-state index contributed by atoms with van der Waals surface area (Å²) in [5.74, 6) is 7.09. The van der Waals surface area contributed by atoms with Crippen molar-refractivity contribution in [1.82, 2.24) is 9.97 Å². The number of anilines is 2. The zero-order valence-electron chi connectivity index (χ0n) is 11.9. The summed E-state index contributed by atoms with van der Waals surface area (Å²) in [4.78, 5) is 8.51. The van der Waals surface area contributed by atoms with Crippen LogP contribution in [0.1, 0.15) is 37.9 Å². The minimum Gasteiger partial charge on any atom is -0.388 e. The summed E-state index contributed by atoms with van der Waals surface area (Å²) in [5.41, 5.74) is 1.87. The zero-order valence-corrected chi connectivity index (χ0v) is 11.9. The molecule has 0 bridgehead atoms. The van der Waals surface area contributed by atoms with Gasteiger partial charge in [0.15, 0.2) is 5.82 Å². The van der Waals surface area contributed by atoms with Gasteiger partial charge in [0, 0.05) is 19.7 Å². The second kappa shape index (κ2) is 6.83. The molecule has 0 spiro atoms. The van der Waals surface area contributed by atoms with Gasteiger partial charge < -0.3 is 20.6 Å².